The Hall–Kier alpha value is -3.56. The normalized spacial score (nSPS) is 15.6. The highest BCUT2D eigenvalue weighted by atomic mass is 16.7. The number of nitrogens with zero attached hydrogens (tertiary/aromatic N) is 3. The van der Waals surface area contributed by atoms with Crippen LogP contribution >= 0.6 is 0 Å². The highest BCUT2D eigenvalue weighted by Gasteiger charge is 2.38. The summed E-state index contributed by atoms with van der Waals surface area (Å²) in [5.41, 5.74) is 0.326. The Morgan fingerprint density at radius 3 is 2.41 bits per heavy atom. The molecular formula is C17H14N4O6. The lowest BCUT2D eigenvalue weighted by molar-refractivity contribution is -0.168. The fourth-order valence-corrected chi connectivity index (χ4v) is 2.58. The summed E-state index contributed by atoms with van der Waals surface area (Å²) in [6, 6.07) is 6.11. The largest absolute Gasteiger partial charge is 0.408 e. The standard InChI is InChI=1S/C17H14N4O6/c22-12(18-17-20-19-14(26-17)9-5-6-9)7-8-13(23)27-21-15(24)10-3-1-2-4-11(10)16(21)25/h1-4,9H,5-8H2,(H,18,20,22). The van der Waals surface area contributed by atoms with Crippen LogP contribution in [0.25, 0.3) is 0 Å². The van der Waals surface area contributed by atoms with Gasteiger partial charge in [-0.2, -0.15) is 0 Å². The molecule has 4 rings (SSSR count). The fraction of sp³-hybridized carbons (Fsp3) is 0.294. The molecule has 1 aromatic heterocycles. The third kappa shape index (κ3) is 3.41. The van der Waals surface area contributed by atoms with E-state index in [9.17, 15) is 19.2 Å². The maximum absolute atomic E-state index is 12.1. The number of hydrogen-bond donors (Lipinski definition) is 1. The lowest BCUT2D eigenvalue weighted by atomic mass is 10.1. The van der Waals surface area contributed by atoms with Gasteiger partial charge in [0, 0.05) is 12.3 Å². The quantitative estimate of drug-likeness (QED) is 0.755. The molecular weight excluding hydrogens is 356 g/mol. The van der Waals surface area contributed by atoms with E-state index in [4.69, 9.17) is 9.25 Å². The van der Waals surface area contributed by atoms with Crippen LogP contribution in [0, 0.1) is 0 Å². The molecule has 0 bridgehead atoms. The summed E-state index contributed by atoms with van der Waals surface area (Å²) in [5.74, 6) is -2.10. The van der Waals surface area contributed by atoms with Crippen LogP contribution in [0.4, 0.5) is 6.01 Å². The number of imide groups is 1. The molecule has 138 valence electrons. The number of carbonyl (C=O) groups excluding carboxylic acids is 4. The van der Waals surface area contributed by atoms with E-state index < -0.39 is 23.7 Å². The van der Waals surface area contributed by atoms with Gasteiger partial charge in [-0.3, -0.25) is 19.7 Å². The fourth-order valence-electron chi connectivity index (χ4n) is 2.58. The van der Waals surface area contributed by atoms with E-state index in [-0.39, 0.29) is 35.9 Å². The molecule has 0 atom stereocenters. The van der Waals surface area contributed by atoms with Crippen LogP contribution in [-0.4, -0.2) is 39.0 Å². The minimum Gasteiger partial charge on any atom is -0.408 e. The van der Waals surface area contributed by atoms with Gasteiger partial charge in [-0.1, -0.05) is 22.3 Å². The molecule has 1 aliphatic carbocycles. The van der Waals surface area contributed by atoms with Crippen molar-refractivity contribution in [3.63, 3.8) is 0 Å². The van der Waals surface area contributed by atoms with Crippen LogP contribution in [0.15, 0.2) is 28.7 Å². The van der Waals surface area contributed by atoms with Crippen molar-refractivity contribution in [1.82, 2.24) is 15.3 Å². The molecule has 0 spiro atoms. The van der Waals surface area contributed by atoms with Crippen molar-refractivity contribution in [3.8, 4) is 0 Å². The van der Waals surface area contributed by atoms with Crippen LogP contribution in [0.3, 0.4) is 0 Å². The molecule has 1 fully saturated rings. The molecule has 10 heteroatoms. The van der Waals surface area contributed by atoms with Crippen molar-refractivity contribution in [3.05, 3.63) is 41.3 Å². The Morgan fingerprint density at radius 2 is 1.78 bits per heavy atom. The molecule has 2 heterocycles. The summed E-state index contributed by atoms with van der Waals surface area (Å²) in [4.78, 5) is 52.8. The molecule has 1 aromatic carbocycles. The van der Waals surface area contributed by atoms with Crippen LogP contribution in [0.2, 0.25) is 0 Å². The van der Waals surface area contributed by atoms with E-state index in [0.29, 0.717) is 11.0 Å². The minimum atomic E-state index is -0.885. The number of hydrogen-bond acceptors (Lipinski definition) is 8. The number of fused-ring (bicyclic) bond motifs is 1. The third-order valence-electron chi connectivity index (χ3n) is 4.12. The predicted octanol–water partition coefficient (Wildman–Crippen LogP) is 1.42. The Balaban J connectivity index is 1.27. The molecule has 27 heavy (non-hydrogen) atoms. The first-order valence-electron chi connectivity index (χ1n) is 8.35. The predicted molar refractivity (Wildman–Crippen MR) is 87.2 cm³/mol. The Morgan fingerprint density at radius 1 is 1.11 bits per heavy atom. The highest BCUT2D eigenvalue weighted by molar-refractivity contribution is 6.20. The second-order valence-corrected chi connectivity index (χ2v) is 6.18. The summed E-state index contributed by atoms with van der Waals surface area (Å²) >= 11 is 0. The number of carbonyl (C=O) groups is 4. The number of nitrogens with one attached hydrogen (secondary N) is 1. The van der Waals surface area contributed by atoms with Gasteiger partial charge in [0.15, 0.2) is 0 Å². The van der Waals surface area contributed by atoms with Gasteiger partial charge in [0.05, 0.1) is 17.5 Å². The van der Waals surface area contributed by atoms with E-state index in [2.05, 4.69) is 15.5 Å². The van der Waals surface area contributed by atoms with Crippen molar-refractivity contribution >= 4 is 29.7 Å². The molecule has 10 nitrogen and oxygen atoms in total. The number of rotatable bonds is 6. The van der Waals surface area contributed by atoms with Gasteiger partial charge in [0.1, 0.15) is 0 Å². The molecule has 1 aliphatic heterocycles. The van der Waals surface area contributed by atoms with Crippen molar-refractivity contribution in [2.75, 3.05) is 5.32 Å². The molecule has 1 saturated carbocycles. The zero-order chi connectivity index (χ0) is 19.0. The lowest BCUT2D eigenvalue weighted by Crippen LogP contribution is -2.32. The number of anilines is 1. The second kappa shape index (κ2) is 6.63. The average Bonchev–Trinajstić information content (AvgIpc) is 3.37. The summed E-state index contributed by atoms with van der Waals surface area (Å²) in [6.07, 6.45) is 1.41. The third-order valence-corrected chi connectivity index (χ3v) is 4.12. The molecule has 0 radical (unpaired) electrons. The average molecular weight is 370 g/mol. The van der Waals surface area contributed by atoms with E-state index in [1.54, 1.807) is 12.1 Å². The SMILES string of the molecule is O=C(CCC(=O)ON1C(=O)c2ccccc2C1=O)Nc1nnc(C2CC2)o1. The van der Waals surface area contributed by atoms with E-state index in [0.717, 1.165) is 12.8 Å². The number of amides is 3. The summed E-state index contributed by atoms with van der Waals surface area (Å²) < 4.78 is 5.29. The van der Waals surface area contributed by atoms with Gasteiger partial charge < -0.3 is 9.25 Å². The molecule has 0 unspecified atom stereocenters. The second-order valence-electron chi connectivity index (χ2n) is 6.18. The van der Waals surface area contributed by atoms with E-state index in [1.807, 2.05) is 0 Å². The maximum Gasteiger partial charge on any atom is 0.333 e. The number of benzene rings is 1. The molecule has 1 N–H and O–H groups in total. The summed E-state index contributed by atoms with van der Waals surface area (Å²) in [5, 5.41) is 10.3. The first-order chi connectivity index (χ1) is 13.0. The van der Waals surface area contributed by atoms with Crippen molar-refractivity contribution in [1.29, 1.82) is 0 Å². The molecule has 2 aliphatic rings. The van der Waals surface area contributed by atoms with E-state index >= 15 is 0 Å². The van der Waals surface area contributed by atoms with E-state index in [1.165, 1.54) is 12.1 Å². The van der Waals surface area contributed by atoms with Gasteiger partial charge in [-0.15, -0.1) is 5.10 Å². The zero-order valence-electron chi connectivity index (χ0n) is 14.0. The minimum absolute atomic E-state index is 0.0318. The van der Waals surface area contributed by atoms with Crippen molar-refractivity contribution in [2.45, 2.75) is 31.6 Å². The smallest absolute Gasteiger partial charge is 0.333 e. The van der Waals surface area contributed by atoms with Gasteiger partial charge in [-0.05, 0) is 25.0 Å². The van der Waals surface area contributed by atoms with Crippen LogP contribution in [0.5, 0.6) is 0 Å². The van der Waals surface area contributed by atoms with Gasteiger partial charge >= 0.3 is 12.0 Å². The first-order valence-corrected chi connectivity index (χ1v) is 8.35. The Labute approximate surface area is 152 Å². The monoisotopic (exact) mass is 370 g/mol. The number of aromatic nitrogens is 2. The van der Waals surface area contributed by atoms with Gasteiger partial charge in [0.2, 0.25) is 11.8 Å². The van der Waals surface area contributed by atoms with Crippen LogP contribution in [-0.2, 0) is 14.4 Å². The molecule has 2 aromatic rings. The van der Waals surface area contributed by atoms with Crippen molar-refractivity contribution in [2.24, 2.45) is 0 Å². The maximum atomic E-state index is 12.1. The molecule has 3 amide bonds. The Kier molecular flexibility index (Phi) is 4.15. The highest BCUT2D eigenvalue weighted by Crippen LogP contribution is 2.39. The topological polar surface area (TPSA) is 132 Å². The zero-order valence-corrected chi connectivity index (χ0v) is 14.0. The summed E-state index contributed by atoms with van der Waals surface area (Å²) in [6.45, 7) is 0. The van der Waals surface area contributed by atoms with Gasteiger partial charge in [0.25, 0.3) is 11.8 Å². The lowest BCUT2D eigenvalue weighted by Gasteiger charge is -2.12. The van der Waals surface area contributed by atoms with Crippen LogP contribution < -0.4 is 5.32 Å². The van der Waals surface area contributed by atoms with Gasteiger partial charge in [-0.25, -0.2) is 4.79 Å². The Bertz CT molecular complexity index is 913. The molecule has 0 saturated heterocycles. The number of hydroxylamine groups is 2. The van der Waals surface area contributed by atoms with Crippen LogP contribution in [0.1, 0.15) is 58.2 Å². The van der Waals surface area contributed by atoms with Crippen molar-refractivity contribution < 1.29 is 28.4 Å². The summed E-state index contributed by atoms with van der Waals surface area (Å²) in [7, 11) is 0. The first kappa shape index (κ1) is 16.9.